The van der Waals surface area contributed by atoms with Crippen molar-refractivity contribution in [1.29, 1.82) is 5.26 Å². The molecule has 3 nitrogen and oxygen atoms in total. The lowest BCUT2D eigenvalue weighted by Gasteiger charge is -2.05. The third kappa shape index (κ3) is 6.74. The Hall–Kier alpha value is -2.87. The highest BCUT2D eigenvalue weighted by atomic mass is 19.1. The molecule has 0 aliphatic rings. The number of hydrogen-bond acceptors (Lipinski definition) is 3. The maximum absolute atomic E-state index is 14.2. The van der Waals surface area contributed by atoms with Gasteiger partial charge in [0.15, 0.2) is 0 Å². The van der Waals surface area contributed by atoms with Crippen LogP contribution in [0.1, 0.15) is 61.3 Å². The number of rotatable bonds is 9. The maximum Gasteiger partial charge on any atom is 0.135 e. The van der Waals surface area contributed by atoms with E-state index in [4.69, 9.17) is 5.26 Å². The van der Waals surface area contributed by atoms with Crippen molar-refractivity contribution >= 4 is 12.4 Å². The van der Waals surface area contributed by atoms with Crippen LogP contribution < -0.4 is 0 Å². The molecule has 2 rings (SSSR count). The van der Waals surface area contributed by atoms with Crippen molar-refractivity contribution in [2.45, 2.75) is 45.4 Å². The van der Waals surface area contributed by atoms with Crippen molar-refractivity contribution in [2.75, 3.05) is 0 Å². The van der Waals surface area contributed by atoms with Crippen LogP contribution in [0.2, 0.25) is 0 Å². The highest BCUT2D eigenvalue weighted by Gasteiger charge is 2.09. The zero-order valence-electron chi connectivity index (χ0n) is 15.5. The second-order valence-corrected chi connectivity index (χ2v) is 6.36. The van der Waals surface area contributed by atoms with Gasteiger partial charge in [-0.05, 0) is 48.2 Å². The van der Waals surface area contributed by atoms with Gasteiger partial charge < -0.3 is 0 Å². The fourth-order valence-electron chi connectivity index (χ4n) is 2.67. The third-order valence-electron chi connectivity index (χ3n) is 4.21. The number of aryl methyl sites for hydroxylation is 1. The Morgan fingerprint density at radius 3 is 2.19 bits per heavy atom. The van der Waals surface area contributed by atoms with Gasteiger partial charge in [0.05, 0.1) is 29.6 Å². The van der Waals surface area contributed by atoms with Gasteiger partial charge in [-0.15, -0.1) is 0 Å². The van der Waals surface area contributed by atoms with Crippen molar-refractivity contribution in [1.82, 2.24) is 0 Å². The van der Waals surface area contributed by atoms with E-state index in [2.05, 4.69) is 17.1 Å². The van der Waals surface area contributed by atoms with E-state index in [-0.39, 0.29) is 5.56 Å². The fraction of sp³-hybridized carbons (Fsp3) is 0.318. The predicted molar refractivity (Wildman–Crippen MR) is 105 cm³/mol. The standard InChI is InChI=1S/C22H23F2N3/c1-2-3-4-5-6-7-19-12-21(23)20(22(24)13-19)16-27-26-15-18-10-8-17(14-25)9-11-18/h8-13,15-16H,2-7H2,1H3. The van der Waals surface area contributed by atoms with Crippen LogP contribution in [0.4, 0.5) is 8.78 Å². The third-order valence-corrected chi connectivity index (χ3v) is 4.21. The number of benzene rings is 2. The predicted octanol–water partition coefficient (Wildman–Crippen LogP) is 5.80. The minimum absolute atomic E-state index is 0.193. The van der Waals surface area contributed by atoms with Crippen molar-refractivity contribution in [3.8, 4) is 6.07 Å². The van der Waals surface area contributed by atoms with Crippen LogP contribution in [0.25, 0.3) is 0 Å². The molecule has 0 bridgehead atoms. The number of hydrogen-bond donors (Lipinski definition) is 0. The van der Waals surface area contributed by atoms with E-state index in [1.54, 1.807) is 24.3 Å². The zero-order chi connectivity index (χ0) is 19.5. The molecule has 0 spiro atoms. The lowest BCUT2D eigenvalue weighted by atomic mass is 10.0. The Morgan fingerprint density at radius 1 is 0.926 bits per heavy atom. The molecule has 0 unspecified atom stereocenters. The molecular formula is C22H23F2N3. The van der Waals surface area contributed by atoms with E-state index in [9.17, 15) is 8.78 Å². The van der Waals surface area contributed by atoms with Crippen LogP contribution in [0, 0.1) is 23.0 Å². The first-order valence-electron chi connectivity index (χ1n) is 9.18. The second kappa shape index (κ2) is 11.0. The highest BCUT2D eigenvalue weighted by molar-refractivity contribution is 5.83. The fourth-order valence-corrected chi connectivity index (χ4v) is 2.67. The molecule has 0 fully saturated rings. The number of halogens is 2. The lowest BCUT2D eigenvalue weighted by molar-refractivity contribution is 0.572. The van der Waals surface area contributed by atoms with Crippen LogP contribution in [0.15, 0.2) is 46.6 Å². The Morgan fingerprint density at radius 2 is 1.56 bits per heavy atom. The topological polar surface area (TPSA) is 48.5 Å². The molecule has 0 radical (unpaired) electrons. The SMILES string of the molecule is CCCCCCCc1cc(F)c(C=NN=Cc2ccc(C#N)cc2)c(F)c1. The molecular weight excluding hydrogens is 344 g/mol. The largest absolute Gasteiger partial charge is 0.206 e. The summed E-state index contributed by atoms with van der Waals surface area (Å²) in [6.07, 6.45) is 8.74. The summed E-state index contributed by atoms with van der Waals surface area (Å²) >= 11 is 0. The molecule has 0 amide bonds. The van der Waals surface area contributed by atoms with Crippen LogP contribution in [0.3, 0.4) is 0 Å². The first-order chi connectivity index (χ1) is 13.1. The summed E-state index contributed by atoms with van der Waals surface area (Å²) in [5.41, 5.74) is 1.76. The van der Waals surface area contributed by atoms with E-state index < -0.39 is 11.6 Å². The Kier molecular flexibility index (Phi) is 8.31. The second-order valence-electron chi connectivity index (χ2n) is 6.36. The molecule has 0 aliphatic heterocycles. The zero-order valence-corrected chi connectivity index (χ0v) is 15.5. The molecule has 0 saturated carbocycles. The van der Waals surface area contributed by atoms with Gasteiger partial charge in [0.2, 0.25) is 0 Å². The maximum atomic E-state index is 14.2. The van der Waals surface area contributed by atoms with Gasteiger partial charge in [-0.3, -0.25) is 0 Å². The molecule has 0 atom stereocenters. The van der Waals surface area contributed by atoms with Gasteiger partial charge in [0.1, 0.15) is 11.6 Å². The van der Waals surface area contributed by atoms with E-state index in [1.165, 1.54) is 31.2 Å². The minimum Gasteiger partial charge on any atom is -0.206 e. The molecule has 0 N–H and O–H groups in total. The molecule has 0 heterocycles. The van der Waals surface area contributed by atoms with Gasteiger partial charge >= 0.3 is 0 Å². The molecule has 140 valence electrons. The van der Waals surface area contributed by atoms with E-state index in [1.807, 2.05) is 6.07 Å². The number of nitrogens with zero attached hydrogens (tertiary/aromatic N) is 3. The Balaban J connectivity index is 1.96. The van der Waals surface area contributed by atoms with E-state index >= 15 is 0 Å². The summed E-state index contributed by atoms with van der Waals surface area (Å²) in [6.45, 7) is 2.15. The monoisotopic (exact) mass is 367 g/mol. The van der Waals surface area contributed by atoms with Crippen LogP contribution in [0.5, 0.6) is 0 Å². The summed E-state index contributed by atoms with van der Waals surface area (Å²) in [7, 11) is 0. The average molecular weight is 367 g/mol. The van der Waals surface area contributed by atoms with E-state index in [0.717, 1.165) is 31.0 Å². The quantitative estimate of drug-likeness (QED) is 0.314. The lowest BCUT2D eigenvalue weighted by Crippen LogP contribution is -1.98. The molecule has 2 aromatic rings. The summed E-state index contributed by atoms with van der Waals surface area (Å²) in [6, 6.07) is 11.5. The highest BCUT2D eigenvalue weighted by Crippen LogP contribution is 2.16. The smallest absolute Gasteiger partial charge is 0.135 e. The van der Waals surface area contributed by atoms with Crippen molar-refractivity contribution in [2.24, 2.45) is 10.2 Å². The van der Waals surface area contributed by atoms with E-state index in [0.29, 0.717) is 17.5 Å². The Bertz CT molecular complexity index is 811. The molecule has 5 heteroatoms. The molecule has 2 aromatic carbocycles. The van der Waals surface area contributed by atoms with Crippen molar-refractivity contribution in [3.05, 3.63) is 70.3 Å². The molecule has 0 aliphatic carbocycles. The first kappa shape index (κ1) is 20.4. The Labute approximate surface area is 159 Å². The summed E-state index contributed by atoms with van der Waals surface area (Å²) in [5, 5.41) is 16.3. The van der Waals surface area contributed by atoms with Crippen molar-refractivity contribution in [3.63, 3.8) is 0 Å². The summed E-state index contributed by atoms with van der Waals surface area (Å²) in [5.74, 6) is -1.26. The van der Waals surface area contributed by atoms with Crippen molar-refractivity contribution < 1.29 is 8.78 Å². The van der Waals surface area contributed by atoms with Crippen LogP contribution in [-0.2, 0) is 6.42 Å². The molecule has 0 aromatic heterocycles. The molecule has 0 saturated heterocycles. The van der Waals surface area contributed by atoms with Gasteiger partial charge in [-0.2, -0.15) is 15.5 Å². The summed E-state index contributed by atoms with van der Waals surface area (Å²) < 4.78 is 28.3. The van der Waals surface area contributed by atoms with Crippen LogP contribution >= 0.6 is 0 Å². The number of nitriles is 1. The van der Waals surface area contributed by atoms with Gasteiger partial charge in [0.25, 0.3) is 0 Å². The minimum atomic E-state index is -0.629. The summed E-state index contributed by atoms with van der Waals surface area (Å²) in [4.78, 5) is 0. The van der Waals surface area contributed by atoms with Gasteiger partial charge in [-0.25, -0.2) is 8.78 Å². The van der Waals surface area contributed by atoms with Crippen LogP contribution in [-0.4, -0.2) is 12.4 Å². The van der Waals surface area contributed by atoms with Gasteiger partial charge in [-0.1, -0.05) is 44.7 Å². The molecule has 27 heavy (non-hydrogen) atoms. The average Bonchev–Trinajstić information content (AvgIpc) is 2.67. The number of unbranched alkanes of at least 4 members (excludes halogenated alkanes) is 4. The van der Waals surface area contributed by atoms with Gasteiger partial charge in [0, 0.05) is 0 Å². The normalized spacial score (nSPS) is 11.3. The first-order valence-corrected chi connectivity index (χ1v) is 9.18.